The maximum absolute atomic E-state index is 6.86. The zero-order valence-corrected chi connectivity index (χ0v) is 29.1. The zero-order valence-electron chi connectivity index (χ0n) is 29.1. The minimum Gasteiger partial charge on any atom is -0.497 e. The van der Waals surface area contributed by atoms with Gasteiger partial charge in [-0.1, -0.05) is 115 Å². The number of benzene rings is 6. The number of hydrogen-bond donors (Lipinski definition) is 0. The van der Waals surface area contributed by atoms with E-state index >= 15 is 0 Å². The van der Waals surface area contributed by atoms with Crippen LogP contribution in [0.25, 0.3) is 21.5 Å². The Balaban J connectivity index is 1.16. The lowest BCUT2D eigenvalue weighted by atomic mass is 9.97. The van der Waals surface area contributed by atoms with E-state index in [9.17, 15) is 0 Å². The molecule has 0 N–H and O–H groups in total. The molecule has 51 heavy (non-hydrogen) atoms. The van der Waals surface area contributed by atoms with E-state index in [1.807, 2.05) is 54.6 Å². The van der Waals surface area contributed by atoms with Crippen LogP contribution in [0.4, 0.5) is 0 Å². The molecule has 0 aliphatic carbocycles. The lowest BCUT2D eigenvalue weighted by Gasteiger charge is -2.45. The maximum Gasteiger partial charge on any atom is 0.186 e. The fourth-order valence-corrected chi connectivity index (χ4v) is 6.59. The summed E-state index contributed by atoms with van der Waals surface area (Å²) in [5.41, 5.74) is 4.17. The largest absolute Gasteiger partial charge is 0.497 e. The molecule has 0 unspecified atom stereocenters. The Morgan fingerprint density at radius 3 is 1.59 bits per heavy atom. The first kappa shape index (κ1) is 34.8. The minimum atomic E-state index is -0.724. The van der Waals surface area contributed by atoms with Gasteiger partial charge in [0.1, 0.15) is 30.2 Å². The molecule has 7 heteroatoms. The fourth-order valence-electron chi connectivity index (χ4n) is 6.59. The highest BCUT2D eigenvalue weighted by Gasteiger charge is 2.48. The molecule has 5 atom stereocenters. The Kier molecular flexibility index (Phi) is 11.7. The summed E-state index contributed by atoms with van der Waals surface area (Å²) >= 11 is 0. The Morgan fingerprint density at radius 1 is 0.471 bits per heavy atom. The predicted molar refractivity (Wildman–Crippen MR) is 198 cm³/mol. The molecule has 6 aromatic carbocycles. The standard InChI is InChI=1S/C44H44O7/c1-45-39-22-18-32(19-23-39)26-47-30-40-41(48-27-31-10-4-3-5-11-31)42(49-28-33-16-20-35-12-6-8-14-37(35)24-33)43(44(46-2)51-40)50-29-34-17-21-36-13-7-9-15-38(36)25-34/h3-25,40-44H,26-30H2,1-2H3/t40-,41+,42+,43-,44+/m1/s1. The fraction of sp³-hybridized carbons (Fsp3) is 0.273. The number of rotatable bonds is 15. The van der Waals surface area contributed by atoms with Crippen LogP contribution in [0, 0.1) is 0 Å². The monoisotopic (exact) mass is 684 g/mol. The highest BCUT2D eigenvalue weighted by molar-refractivity contribution is 5.83. The van der Waals surface area contributed by atoms with Crippen molar-refractivity contribution in [3.63, 3.8) is 0 Å². The third-order valence-corrected chi connectivity index (χ3v) is 9.33. The SMILES string of the molecule is COc1ccc(COC[C@H]2O[C@H](OC)[C@H](OCc3ccc4ccccc4c3)[C@@H](OCc3ccc4ccccc4c3)[C@H]2OCc2ccccc2)cc1. The summed E-state index contributed by atoms with van der Waals surface area (Å²) in [5.74, 6) is 0.799. The second-order valence-corrected chi connectivity index (χ2v) is 12.8. The van der Waals surface area contributed by atoms with E-state index in [1.165, 1.54) is 10.8 Å². The minimum absolute atomic E-state index is 0.262. The third-order valence-electron chi connectivity index (χ3n) is 9.33. The van der Waals surface area contributed by atoms with E-state index in [0.717, 1.165) is 38.8 Å². The van der Waals surface area contributed by atoms with Gasteiger partial charge < -0.3 is 33.2 Å². The maximum atomic E-state index is 6.86. The van der Waals surface area contributed by atoms with Gasteiger partial charge in [0.2, 0.25) is 0 Å². The van der Waals surface area contributed by atoms with E-state index in [-0.39, 0.29) is 6.61 Å². The van der Waals surface area contributed by atoms with Crippen LogP contribution in [0.15, 0.2) is 140 Å². The van der Waals surface area contributed by atoms with Crippen molar-refractivity contribution in [3.8, 4) is 5.75 Å². The van der Waals surface area contributed by atoms with Crippen LogP contribution >= 0.6 is 0 Å². The van der Waals surface area contributed by atoms with Gasteiger partial charge in [-0.05, 0) is 68.1 Å². The Labute approximate surface area is 299 Å². The summed E-state index contributed by atoms with van der Waals surface area (Å²) in [7, 11) is 3.29. The van der Waals surface area contributed by atoms with E-state index in [2.05, 4.69) is 84.9 Å². The van der Waals surface area contributed by atoms with E-state index in [4.69, 9.17) is 33.2 Å². The second-order valence-electron chi connectivity index (χ2n) is 12.8. The van der Waals surface area contributed by atoms with E-state index in [1.54, 1.807) is 14.2 Å². The number of fused-ring (bicyclic) bond motifs is 2. The molecule has 262 valence electrons. The highest BCUT2D eigenvalue weighted by Crippen LogP contribution is 2.32. The van der Waals surface area contributed by atoms with Gasteiger partial charge in [-0.2, -0.15) is 0 Å². The van der Waals surface area contributed by atoms with Crippen LogP contribution < -0.4 is 4.74 Å². The summed E-state index contributed by atoms with van der Waals surface area (Å²) < 4.78 is 44.5. The summed E-state index contributed by atoms with van der Waals surface area (Å²) in [5, 5.41) is 4.68. The van der Waals surface area contributed by atoms with Gasteiger partial charge in [0.25, 0.3) is 0 Å². The Morgan fingerprint density at radius 2 is 0.980 bits per heavy atom. The van der Waals surface area contributed by atoms with Gasteiger partial charge in [-0.15, -0.1) is 0 Å². The van der Waals surface area contributed by atoms with Crippen molar-refractivity contribution in [1.29, 1.82) is 0 Å². The predicted octanol–water partition coefficient (Wildman–Crippen LogP) is 8.65. The van der Waals surface area contributed by atoms with Crippen LogP contribution in [0.1, 0.15) is 22.3 Å². The first-order valence-electron chi connectivity index (χ1n) is 17.4. The van der Waals surface area contributed by atoms with Gasteiger partial charge >= 0.3 is 0 Å². The molecule has 0 aromatic heterocycles. The molecule has 7 nitrogen and oxygen atoms in total. The molecule has 0 saturated carbocycles. The summed E-state index contributed by atoms with van der Waals surface area (Å²) in [6.45, 7) is 1.73. The van der Waals surface area contributed by atoms with Gasteiger partial charge in [0.15, 0.2) is 6.29 Å². The van der Waals surface area contributed by atoms with E-state index in [0.29, 0.717) is 26.4 Å². The summed E-state index contributed by atoms with van der Waals surface area (Å²) in [6.07, 6.45) is -2.90. The molecule has 1 heterocycles. The van der Waals surface area contributed by atoms with Crippen LogP contribution in [-0.4, -0.2) is 51.5 Å². The van der Waals surface area contributed by atoms with Crippen LogP contribution in [0.3, 0.4) is 0 Å². The molecule has 1 aliphatic heterocycles. The first-order valence-corrected chi connectivity index (χ1v) is 17.4. The summed E-state index contributed by atoms with van der Waals surface area (Å²) in [4.78, 5) is 0. The quantitative estimate of drug-likeness (QED) is 0.107. The lowest BCUT2D eigenvalue weighted by molar-refractivity contribution is -0.323. The van der Waals surface area contributed by atoms with E-state index < -0.39 is 30.7 Å². The molecule has 1 saturated heterocycles. The molecule has 0 radical (unpaired) electrons. The van der Waals surface area contributed by atoms with Crippen LogP contribution in [0.5, 0.6) is 5.75 Å². The lowest BCUT2D eigenvalue weighted by Crippen LogP contribution is -2.61. The third kappa shape index (κ3) is 8.83. The van der Waals surface area contributed by atoms with Gasteiger partial charge in [-0.25, -0.2) is 0 Å². The summed E-state index contributed by atoms with van der Waals surface area (Å²) in [6, 6.07) is 47.4. The van der Waals surface area contributed by atoms with Gasteiger partial charge in [0.05, 0.1) is 40.1 Å². The molecule has 7 rings (SSSR count). The molecule has 1 fully saturated rings. The van der Waals surface area contributed by atoms with Crippen molar-refractivity contribution in [1.82, 2.24) is 0 Å². The Bertz CT molecular complexity index is 1980. The highest BCUT2D eigenvalue weighted by atomic mass is 16.7. The normalized spacial score (nSPS) is 20.5. The first-order chi connectivity index (χ1) is 25.2. The molecule has 0 bridgehead atoms. The van der Waals surface area contributed by atoms with Crippen molar-refractivity contribution in [2.45, 2.75) is 57.1 Å². The number of methoxy groups -OCH3 is 2. The molecule has 0 amide bonds. The van der Waals surface area contributed by atoms with Crippen LogP contribution in [0.2, 0.25) is 0 Å². The van der Waals surface area contributed by atoms with Gasteiger partial charge in [-0.3, -0.25) is 0 Å². The zero-order chi connectivity index (χ0) is 34.8. The topological polar surface area (TPSA) is 64.6 Å². The second kappa shape index (κ2) is 17.1. The average molecular weight is 685 g/mol. The Hall–Kier alpha value is -4.60. The van der Waals surface area contributed by atoms with Gasteiger partial charge in [0, 0.05) is 7.11 Å². The van der Waals surface area contributed by atoms with Crippen molar-refractivity contribution in [3.05, 3.63) is 162 Å². The molecular formula is C44H44O7. The molecular weight excluding hydrogens is 640 g/mol. The molecule has 6 aromatic rings. The smallest absolute Gasteiger partial charge is 0.186 e. The average Bonchev–Trinajstić information content (AvgIpc) is 3.19. The number of hydrogen-bond acceptors (Lipinski definition) is 7. The van der Waals surface area contributed by atoms with Crippen molar-refractivity contribution in [2.24, 2.45) is 0 Å². The van der Waals surface area contributed by atoms with Crippen molar-refractivity contribution < 1.29 is 33.2 Å². The molecule has 0 spiro atoms. The van der Waals surface area contributed by atoms with Crippen LogP contribution in [-0.2, 0) is 54.8 Å². The molecule has 1 aliphatic rings. The van der Waals surface area contributed by atoms with Crippen molar-refractivity contribution >= 4 is 21.5 Å². The van der Waals surface area contributed by atoms with Crippen molar-refractivity contribution in [2.75, 3.05) is 20.8 Å². The number of ether oxygens (including phenoxy) is 7.